The van der Waals surface area contributed by atoms with Gasteiger partial charge in [-0.15, -0.1) is 0 Å². The molecule has 3 aromatic rings. The van der Waals surface area contributed by atoms with E-state index in [0.717, 1.165) is 24.8 Å². The third-order valence-electron chi connectivity index (χ3n) is 5.42. The van der Waals surface area contributed by atoms with E-state index in [1.807, 2.05) is 30.3 Å². The lowest BCUT2D eigenvalue weighted by Gasteiger charge is -2.16. The molecule has 5 heteroatoms. The van der Waals surface area contributed by atoms with Crippen molar-refractivity contribution in [3.05, 3.63) is 69.9 Å². The Labute approximate surface area is 162 Å². The molecule has 0 bridgehead atoms. The van der Waals surface area contributed by atoms with Gasteiger partial charge in [-0.3, -0.25) is 9.59 Å². The number of para-hydroxylation sites is 1. The summed E-state index contributed by atoms with van der Waals surface area (Å²) in [5.41, 5.74) is 1.74. The van der Waals surface area contributed by atoms with Gasteiger partial charge < -0.3 is 9.73 Å². The maximum absolute atomic E-state index is 12.9. The summed E-state index contributed by atoms with van der Waals surface area (Å²) >= 11 is 0. The van der Waals surface area contributed by atoms with Gasteiger partial charge in [0.05, 0.1) is 22.9 Å². The van der Waals surface area contributed by atoms with E-state index in [1.54, 1.807) is 25.1 Å². The highest BCUT2D eigenvalue weighted by atomic mass is 16.3. The normalized spacial score (nSPS) is 18.7. The highest BCUT2D eigenvalue weighted by Crippen LogP contribution is 2.28. The number of carbonyl (C=O) groups excluding carboxylic acids is 1. The predicted octanol–water partition coefficient (Wildman–Crippen LogP) is 4.19. The third kappa shape index (κ3) is 3.07. The first-order valence-corrected chi connectivity index (χ1v) is 9.42. The quantitative estimate of drug-likeness (QED) is 0.747. The van der Waals surface area contributed by atoms with E-state index in [1.165, 1.54) is 0 Å². The van der Waals surface area contributed by atoms with Crippen LogP contribution in [0.1, 0.15) is 35.2 Å². The summed E-state index contributed by atoms with van der Waals surface area (Å²) in [5, 5.41) is 12.6. The Kier molecular flexibility index (Phi) is 4.70. The summed E-state index contributed by atoms with van der Waals surface area (Å²) in [6.45, 7) is 1.73. The zero-order chi connectivity index (χ0) is 19.7. The Morgan fingerprint density at radius 3 is 2.68 bits per heavy atom. The fourth-order valence-corrected chi connectivity index (χ4v) is 3.89. The number of rotatable bonds is 3. The van der Waals surface area contributed by atoms with Crippen LogP contribution in [0.3, 0.4) is 0 Å². The summed E-state index contributed by atoms with van der Waals surface area (Å²) < 4.78 is 6.10. The van der Waals surface area contributed by atoms with Crippen molar-refractivity contribution in [3.63, 3.8) is 0 Å². The van der Waals surface area contributed by atoms with Crippen molar-refractivity contribution >= 4 is 16.9 Å². The molecule has 5 nitrogen and oxygen atoms in total. The molecule has 1 aromatic heterocycles. The predicted molar refractivity (Wildman–Crippen MR) is 107 cm³/mol. The van der Waals surface area contributed by atoms with E-state index in [0.29, 0.717) is 22.3 Å². The van der Waals surface area contributed by atoms with Gasteiger partial charge in [-0.1, -0.05) is 36.4 Å². The molecule has 2 unspecified atom stereocenters. The molecule has 0 radical (unpaired) electrons. The van der Waals surface area contributed by atoms with Gasteiger partial charge in [0, 0.05) is 17.2 Å². The average Bonchev–Trinajstić information content (AvgIpc) is 3.18. The zero-order valence-corrected chi connectivity index (χ0v) is 15.6. The molecular formula is C23H20N2O3. The van der Waals surface area contributed by atoms with E-state index in [9.17, 15) is 14.9 Å². The number of nitriles is 1. The number of nitrogens with one attached hydrogen (secondary N) is 1. The molecule has 1 aliphatic rings. The first-order valence-electron chi connectivity index (χ1n) is 9.42. The van der Waals surface area contributed by atoms with Crippen LogP contribution in [0.5, 0.6) is 0 Å². The number of fused-ring (bicyclic) bond motifs is 1. The Morgan fingerprint density at radius 1 is 1.14 bits per heavy atom. The van der Waals surface area contributed by atoms with Crippen LogP contribution in [0.2, 0.25) is 0 Å². The van der Waals surface area contributed by atoms with Crippen LogP contribution < -0.4 is 10.7 Å². The molecule has 1 amide bonds. The van der Waals surface area contributed by atoms with Crippen LogP contribution in [0.4, 0.5) is 0 Å². The van der Waals surface area contributed by atoms with Crippen LogP contribution >= 0.6 is 0 Å². The smallest absolute Gasteiger partial charge is 0.255 e. The number of hydrogen-bond donors (Lipinski definition) is 1. The lowest BCUT2D eigenvalue weighted by atomic mass is 10.0. The molecule has 0 spiro atoms. The van der Waals surface area contributed by atoms with Crippen molar-refractivity contribution in [3.8, 4) is 17.4 Å². The third-order valence-corrected chi connectivity index (χ3v) is 5.42. The Balaban J connectivity index is 1.81. The van der Waals surface area contributed by atoms with Crippen LogP contribution in [0, 0.1) is 24.2 Å². The molecular weight excluding hydrogens is 352 g/mol. The van der Waals surface area contributed by atoms with Gasteiger partial charge in [-0.25, -0.2) is 0 Å². The molecule has 0 aliphatic heterocycles. The van der Waals surface area contributed by atoms with Crippen molar-refractivity contribution in [2.45, 2.75) is 32.2 Å². The number of amides is 1. The lowest BCUT2D eigenvalue weighted by molar-refractivity contribution is 0.0933. The monoisotopic (exact) mass is 372 g/mol. The molecule has 140 valence electrons. The first kappa shape index (κ1) is 18.0. The largest absolute Gasteiger partial charge is 0.455 e. The molecule has 4 rings (SSSR count). The van der Waals surface area contributed by atoms with Crippen LogP contribution in [0.15, 0.2) is 57.7 Å². The minimum Gasteiger partial charge on any atom is -0.455 e. The van der Waals surface area contributed by atoms with Gasteiger partial charge in [-0.2, -0.15) is 5.26 Å². The Hall–Kier alpha value is -3.39. The van der Waals surface area contributed by atoms with Crippen LogP contribution in [0.25, 0.3) is 22.3 Å². The van der Waals surface area contributed by atoms with E-state index in [2.05, 4.69) is 11.4 Å². The highest BCUT2D eigenvalue weighted by Gasteiger charge is 2.29. The van der Waals surface area contributed by atoms with Crippen LogP contribution in [-0.2, 0) is 0 Å². The van der Waals surface area contributed by atoms with Crippen molar-refractivity contribution in [2.75, 3.05) is 0 Å². The van der Waals surface area contributed by atoms with E-state index < -0.39 is 0 Å². The molecule has 2 atom stereocenters. The minimum absolute atomic E-state index is 0.148. The van der Waals surface area contributed by atoms with Gasteiger partial charge in [0.25, 0.3) is 5.91 Å². The molecule has 1 fully saturated rings. The molecule has 1 heterocycles. The van der Waals surface area contributed by atoms with Crippen LogP contribution in [-0.4, -0.2) is 11.9 Å². The summed E-state index contributed by atoms with van der Waals surface area (Å²) in [6, 6.07) is 16.5. The molecule has 28 heavy (non-hydrogen) atoms. The molecule has 0 saturated heterocycles. The van der Waals surface area contributed by atoms with E-state index in [4.69, 9.17) is 4.42 Å². The number of nitrogens with zero attached hydrogens (tertiary/aromatic N) is 1. The fraction of sp³-hybridized carbons (Fsp3) is 0.261. The van der Waals surface area contributed by atoms with Gasteiger partial charge in [0.2, 0.25) is 0 Å². The fourth-order valence-electron chi connectivity index (χ4n) is 3.89. The summed E-state index contributed by atoms with van der Waals surface area (Å²) in [5.74, 6) is -0.0223. The Bertz CT molecular complexity index is 1140. The zero-order valence-electron chi connectivity index (χ0n) is 15.6. The van der Waals surface area contributed by atoms with Gasteiger partial charge in [-0.05, 0) is 38.3 Å². The molecule has 2 aromatic carbocycles. The lowest BCUT2D eigenvalue weighted by Crippen LogP contribution is -2.37. The molecule has 1 saturated carbocycles. The van der Waals surface area contributed by atoms with Gasteiger partial charge in [0.1, 0.15) is 5.76 Å². The second-order valence-corrected chi connectivity index (χ2v) is 7.18. The van der Waals surface area contributed by atoms with Crippen molar-refractivity contribution < 1.29 is 9.21 Å². The highest BCUT2D eigenvalue weighted by molar-refractivity contribution is 6.05. The van der Waals surface area contributed by atoms with Gasteiger partial charge >= 0.3 is 0 Å². The van der Waals surface area contributed by atoms with E-state index >= 15 is 0 Å². The molecule has 1 aliphatic carbocycles. The maximum Gasteiger partial charge on any atom is 0.255 e. The standard InChI is InChI=1S/C23H20N2O3/c1-14-20(26)17-10-6-11-18(23(27)25-19-12-5-9-16(19)13-24)22(17)28-21(14)15-7-3-2-4-8-15/h2-4,6-8,10-11,16,19H,5,9,12H2,1H3,(H,25,27). The van der Waals surface area contributed by atoms with Crippen molar-refractivity contribution in [1.29, 1.82) is 5.26 Å². The maximum atomic E-state index is 12.9. The Morgan fingerprint density at radius 2 is 1.93 bits per heavy atom. The molecule has 1 N–H and O–H groups in total. The second kappa shape index (κ2) is 7.32. The average molecular weight is 372 g/mol. The number of hydrogen-bond acceptors (Lipinski definition) is 4. The minimum atomic E-state index is -0.316. The number of carbonyl (C=O) groups is 1. The summed E-state index contributed by atoms with van der Waals surface area (Å²) in [4.78, 5) is 25.8. The van der Waals surface area contributed by atoms with E-state index in [-0.39, 0.29) is 28.9 Å². The van der Waals surface area contributed by atoms with Crippen molar-refractivity contribution in [1.82, 2.24) is 5.32 Å². The first-order chi connectivity index (χ1) is 13.6. The van der Waals surface area contributed by atoms with Gasteiger partial charge in [0.15, 0.2) is 11.0 Å². The second-order valence-electron chi connectivity index (χ2n) is 7.18. The van der Waals surface area contributed by atoms with Crippen molar-refractivity contribution in [2.24, 2.45) is 5.92 Å². The SMILES string of the molecule is Cc1c(-c2ccccc2)oc2c(C(=O)NC3CCCC3C#N)cccc2c1=O. The number of benzene rings is 2. The summed E-state index contributed by atoms with van der Waals surface area (Å²) in [7, 11) is 0. The summed E-state index contributed by atoms with van der Waals surface area (Å²) in [6.07, 6.45) is 2.50. The topological polar surface area (TPSA) is 83.1 Å².